The molecular formula is C13H22N2O2. The van der Waals surface area contributed by atoms with E-state index < -0.39 is 0 Å². The molecule has 1 aromatic rings. The molecular weight excluding hydrogens is 216 g/mol. The molecule has 1 aromatic carbocycles. The van der Waals surface area contributed by atoms with E-state index in [1.807, 2.05) is 24.3 Å². The van der Waals surface area contributed by atoms with Crippen molar-refractivity contribution in [3.63, 3.8) is 0 Å². The first-order chi connectivity index (χ1) is 8.33. The second kappa shape index (κ2) is 8.98. The quantitative estimate of drug-likeness (QED) is 0.629. The molecule has 0 atom stereocenters. The van der Waals surface area contributed by atoms with E-state index in [0.717, 1.165) is 18.8 Å². The third-order valence-electron chi connectivity index (χ3n) is 2.26. The van der Waals surface area contributed by atoms with Crippen LogP contribution in [0.5, 0.6) is 5.75 Å². The Labute approximate surface area is 103 Å². The van der Waals surface area contributed by atoms with Gasteiger partial charge in [-0.3, -0.25) is 0 Å². The van der Waals surface area contributed by atoms with Crippen molar-refractivity contribution in [1.29, 1.82) is 0 Å². The Morgan fingerprint density at radius 1 is 1.06 bits per heavy atom. The lowest BCUT2D eigenvalue weighted by atomic mass is 10.2. The monoisotopic (exact) mass is 238 g/mol. The molecule has 0 radical (unpaired) electrons. The number of ether oxygens (including phenoxy) is 2. The van der Waals surface area contributed by atoms with Gasteiger partial charge in [0.15, 0.2) is 0 Å². The van der Waals surface area contributed by atoms with Crippen molar-refractivity contribution >= 4 is 0 Å². The van der Waals surface area contributed by atoms with Crippen LogP contribution in [0.15, 0.2) is 24.3 Å². The Kier molecular flexibility index (Phi) is 7.38. The lowest BCUT2D eigenvalue weighted by Gasteiger charge is -2.07. The number of rotatable bonds is 9. The molecule has 96 valence electrons. The van der Waals surface area contributed by atoms with E-state index in [-0.39, 0.29) is 0 Å². The SMILES string of the molecule is Cc1ccc(OCCOCCNCCN)cc1. The van der Waals surface area contributed by atoms with E-state index in [0.29, 0.717) is 26.4 Å². The average molecular weight is 238 g/mol. The molecule has 0 fully saturated rings. The summed E-state index contributed by atoms with van der Waals surface area (Å²) in [5.41, 5.74) is 6.58. The van der Waals surface area contributed by atoms with Crippen molar-refractivity contribution in [2.24, 2.45) is 5.73 Å². The predicted octanol–water partition coefficient (Wildman–Crippen LogP) is 0.939. The second-order valence-corrected chi connectivity index (χ2v) is 3.81. The summed E-state index contributed by atoms with van der Waals surface area (Å²) in [5.74, 6) is 0.889. The summed E-state index contributed by atoms with van der Waals surface area (Å²) in [6.07, 6.45) is 0. The zero-order chi connectivity index (χ0) is 12.3. The largest absolute Gasteiger partial charge is 0.491 e. The lowest BCUT2D eigenvalue weighted by molar-refractivity contribution is 0.102. The highest BCUT2D eigenvalue weighted by atomic mass is 16.5. The Bertz CT molecular complexity index is 288. The number of nitrogens with one attached hydrogen (secondary N) is 1. The molecule has 0 amide bonds. The summed E-state index contributed by atoms with van der Waals surface area (Å²) in [5, 5.41) is 3.16. The first kappa shape index (κ1) is 14.0. The highest BCUT2D eigenvalue weighted by Gasteiger charge is 1.93. The van der Waals surface area contributed by atoms with Gasteiger partial charge in [0.25, 0.3) is 0 Å². The normalized spacial score (nSPS) is 10.5. The molecule has 0 aliphatic heterocycles. The van der Waals surface area contributed by atoms with E-state index in [4.69, 9.17) is 15.2 Å². The molecule has 0 aromatic heterocycles. The molecule has 0 aliphatic carbocycles. The van der Waals surface area contributed by atoms with Gasteiger partial charge in [-0.05, 0) is 19.1 Å². The van der Waals surface area contributed by atoms with Crippen LogP contribution >= 0.6 is 0 Å². The van der Waals surface area contributed by atoms with Gasteiger partial charge >= 0.3 is 0 Å². The minimum absolute atomic E-state index is 0.583. The first-order valence-electron chi connectivity index (χ1n) is 6.01. The van der Waals surface area contributed by atoms with E-state index in [1.165, 1.54) is 5.56 Å². The van der Waals surface area contributed by atoms with Crippen LogP contribution in [0, 0.1) is 6.92 Å². The molecule has 0 heterocycles. The molecule has 0 bridgehead atoms. The maximum Gasteiger partial charge on any atom is 0.119 e. The minimum Gasteiger partial charge on any atom is -0.491 e. The summed E-state index contributed by atoms with van der Waals surface area (Å²) in [4.78, 5) is 0. The lowest BCUT2D eigenvalue weighted by Crippen LogP contribution is -2.26. The van der Waals surface area contributed by atoms with Crippen LogP contribution < -0.4 is 15.8 Å². The van der Waals surface area contributed by atoms with Crippen LogP contribution in [0.4, 0.5) is 0 Å². The van der Waals surface area contributed by atoms with Gasteiger partial charge in [0.05, 0.1) is 13.2 Å². The number of aryl methyl sites for hydroxylation is 1. The van der Waals surface area contributed by atoms with Gasteiger partial charge in [-0.15, -0.1) is 0 Å². The third-order valence-corrected chi connectivity index (χ3v) is 2.26. The smallest absolute Gasteiger partial charge is 0.119 e. The number of benzene rings is 1. The predicted molar refractivity (Wildman–Crippen MR) is 69.4 cm³/mol. The van der Waals surface area contributed by atoms with E-state index >= 15 is 0 Å². The summed E-state index contributed by atoms with van der Waals surface area (Å²) < 4.78 is 10.9. The Morgan fingerprint density at radius 3 is 2.53 bits per heavy atom. The zero-order valence-corrected chi connectivity index (χ0v) is 10.4. The fourth-order valence-corrected chi connectivity index (χ4v) is 1.33. The number of hydrogen-bond acceptors (Lipinski definition) is 4. The fraction of sp³-hybridized carbons (Fsp3) is 0.538. The standard InChI is InChI=1S/C13H22N2O2/c1-12-2-4-13(5-3-12)17-11-10-16-9-8-15-7-6-14/h2-5,15H,6-11,14H2,1H3. The van der Waals surface area contributed by atoms with Crippen LogP contribution in [-0.4, -0.2) is 39.5 Å². The summed E-state index contributed by atoms with van der Waals surface area (Å²) in [6, 6.07) is 8.01. The zero-order valence-electron chi connectivity index (χ0n) is 10.4. The molecule has 3 N–H and O–H groups in total. The van der Waals surface area contributed by atoms with Gasteiger partial charge in [0, 0.05) is 19.6 Å². The van der Waals surface area contributed by atoms with E-state index in [2.05, 4.69) is 12.2 Å². The Balaban J connectivity index is 1.95. The maximum atomic E-state index is 5.52. The highest BCUT2D eigenvalue weighted by molar-refractivity contribution is 5.26. The van der Waals surface area contributed by atoms with Crippen LogP contribution in [0.1, 0.15) is 5.56 Å². The van der Waals surface area contributed by atoms with Crippen molar-refractivity contribution in [2.75, 3.05) is 39.5 Å². The van der Waals surface area contributed by atoms with Gasteiger partial charge < -0.3 is 20.5 Å². The molecule has 4 heteroatoms. The molecule has 4 nitrogen and oxygen atoms in total. The Morgan fingerprint density at radius 2 is 1.82 bits per heavy atom. The molecule has 17 heavy (non-hydrogen) atoms. The summed E-state index contributed by atoms with van der Waals surface area (Å²) in [7, 11) is 0. The molecule has 0 aliphatic rings. The van der Waals surface area contributed by atoms with E-state index in [1.54, 1.807) is 0 Å². The highest BCUT2D eigenvalue weighted by Crippen LogP contribution is 2.10. The van der Waals surface area contributed by atoms with Crippen LogP contribution in [0.25, 0.3) is 0 Å². The minimum atomic E-state index is 0.583. The second-order valence-electron chi connectivity index (χ2n) is 3.81. The first-order valence-corrected chi connectivity index (χ1v) is 6.01. The van der Waals surface area contributed by atoms with Crippen molar-refractivity contribution in [2.45, 2.75) is 6.92 Å². The molecule has 0 saturated carbocycles. The van der Waals surface area contributed by atoms with Crippen LogP contribution in [-0.2, 0) is 4.74 Å². The Hall–Kier alpha value is -1.10. The van der Waals surface area contributed by atoms with Crippen LogP contribution in [0.3, 0.4) is 0 Å². The molecule has 0 saturated heterocycles. The summed E-state index contributed by atoms with van der Waals surface area (Å²) in [6.45, 7) is 6.28. The molecule has 1 rings (SSSR count). The van der Waals surface area contributed by atoms with Crippen molar-refractivity contribution in [3.05, 3.63) is 29.8 Å². The van der Waals surface area contributed by atoms with Gasteiger partial charge in [-0.1, -0.05) is 17.7 Å². The van der Waals surface area contributed by atoms with Gasteiger partial charge in [0.2, 0.25) is 0 Å². The van der Waals surface area contributed by atoms with Crippen molar-refractivity contribution in [1.82, 2.24) is 5.32 Å². The topological polar surface area (TPSA) is 56.5 Å². The van der Waals surface area contributed by atoms with Crippen molar-refractivity contribution < 1.29 is 9.47 Å². The van der Waals surface area contributed by atoms with Crippen molar-refractivity contribution in [3.8, 4) is 5.75 Å². The fourth-order valence-electron chi connectivity index (χ4n) is 1.33. The average Bonchev–Trinajstić information content (AvgIpc) is 2.35. The maximum absolute atomic E-state index is 5.52. The van der Waals surface area contributed by atoms with Gasteiger partial charge in [-0.25, -0.2) is 0 Å². The van der Waals surface area contributed by atoms with Gasteiger partial charge in [-0.2, -0.15) is 0 Å². The third kappa shape index (κ3) is 6.94. The summed E-state index contributed by atoms with van der Waals surface area (Å²) >= 11 is 0. The molecule has 0 unspecified atom stereocenters. The van der Waals surface area contributed by atoms with Crippen LogP contribution in [0.2, 0.25) is 0 Å². The molecule has 0 spiro atoms. The van der Waals surface area contributed by atoms with Gasteiger partial charge in [0.1, 0.15) is 12.4 Å². The van der Waals surface area contributed by atoms with E-state index in [9.17, 15) is 0 Å². The number of nitrogens with two attached hydrogens (primary N) is 1. The number of hydrogen-bond donors (Lipinski definition) is 2.